The minimum Gasteiger partial charge on any atom is -0.497 e. The zero-order valence-corrected chi connectivity index (χ0v) is 21.7. The number of hydrogen-bond acceptors (Lipinski definition) is 7. The summed E-state index contributed by atoms with van der Waals surface area (Å²) in [7, 11) is -2.02. The first-order valence-corrected chi connectivity index (χ1v) is 14.0. The first kappa shape index (κ1) is 24.5. The van der Waals surface area contributed by atoms with Crippen molar-refractivity contribution in [2.45, 2.75) is 43.7 Å². The van der Waals surface area contributed by atoms with Gasteiger partial charge >= 0.3 is 0 Å². The van der Waals surface area contributed by atoms with Crippen molar-refractivity contribution in [2.75, 3.05) is 18.6 Å². The maximum absolute atomic E-state index is 13.7. The van der Waals surface area contributed by atoms with E-state index in [1.54, 1.807) is 46.8 Å². The fourth-order valence-corrected chi connectivity index (χ4v) is 7.10. The summed E-state index contributed by atoms with van der Waals surface area (Å²) in [6, 6.07) is 15.2. The number of nitrogens with zero attached hydrogens (tertiary/aromatic N) is 3. The highest BCUT2D eigenvalue weighted by Crippen LogP contribution is 2.33. The quantitative estimate of drug-likeness (QED) is 0.325. The summed E-state index contributed by atoms with van der Waals surface area (Å²) in [5.41, 5.74) is 1.12. The number of thiazole rings is 1. The van der Waals surface area contributed by atoms with Crippen LogP contribution in [0, 0.1) is 0 Å². The summed E-state index contributed by atoms with van der Waals surface area (Å²) in [6.45, 7) is 2.65. The Morgan fingerprint density at radius 2 is 2.00 bits per heavy atom. The van der Waals surface area contributed by atoms with E-state index in [1.165, 1.54) is 23.5 Å². The van der Waals surface area contributed by atoms with Crippen LogP contribution in [0.15, 0.2) is 70.2 Å². The normalized spacial score (nSPS) is 16.8. The minimum absolute atomic E-state index is 0.0356. The fourth-order valence-electron chi connectivity index (χ4n) is 4.41. The van der Waals surface area contributed by atoms with E-state index >= 15 is 0 Å². The van der Waals surface area contributed by atoms with Crippen LogP contribution in [-0.2, 0) is 16.6 Å². The Kier molecular flexibility index (Phi) is 6.83. The molecule has 3 heterocycles. The first-order valence-electron chi connectivity index (χ1n) is 11.8. The van der Waals surface area contributed by atoms with Gasteiger partial charge in [-0.2, -0.15) is 4.31 Å². The Morgan fingerprint density at radius 3 is 2.69 bits per heavy atom. The van der Waals surface area contributed by atoms with Crippen molar-refractivity contribution in [3.63, 3.8) is 0 Å². The number of sulfonamides is 1. The number of aromatic nitrogens is 1. The maximum atomic E-state index is 13.7. The van der Waals surface area contributed by atoms with Gasteiger partial charge in [-0.3, -0.25) is 9.69 Å². The van der Waals surface area contributed by atoms with E-state index in [0.717, 1.165) is 29.5 Å². The Labute approximate surface area is 214 Å². The standard InChI is InChI=1S/C26H27N3O5S2/c1-18-6-3-4-14-29(18)36(31,32)22-11-8-19(9-12-22)25(30)28(17-21-7-5-15-34-21)26-27-23-13-10-20(33-2)16-24(23)35-26/h5,7-13,15-16,18H,3-4,6,14,17H2,1-2H3. The second kappa shape index (κ2) is 10.0. The SMILES string of the molecule is COc1ccc2nc(N(Cc3ccco3)C(=O)c3ccc(S(=O)(=O)N4CCCCC4C)cc3)sc2c1. The Bertz CT molecular complexity index is 1460. The summed E-state index contributed by atoms with van der Waals surface area (Å²) >= 11 is 1.38. The van der Waals surface area contributed by atoms with Crippen molar-refractivity contribution in [2.24, 2.45) is 0 Å². The zero-order chi connectivity index (χ0) is 25.3. The van der Waals surface area contributed by atoms with Crippen molar-refractivity contribution in [1.82, 2.24) is 9.29 Å². The van der Waals surface area contributed by atoms with Gasteiger partial charge in [-0.1, -0.05) is 17.8 Å². The van der Waals surface area contributed by atoms with Crippen LogP contribution < -0.4 is 9.64 Å². The van der Waals surface area contributed by atoms with Gasteiger partial charge in [0.2, 0.25) is 10.0 Å². The van der Waals surface area contributed by atoms with Gasteiger partial charge in [0.25, 0.3) is 5.91 Å². The molecule has 0 N–H and O–H groups in total. The van der Waals surface area contributed by atoms with Gasteiger partial charge in [-0.05, 0) is 74.4 Å². The minimum atomic E-state index is -3.62. The van der Waals surface area contributed by atoms with Crippen molar-refractivity contribution < 1.29 is 22.4 Å². The molecule has 8 nitrogen and oxygen atoms in total. The molecular weight excluding hydrogens is 498 g/mol. The number of methoxy groups -OCH3 is 1. The van der Waals surface area contributed by atoms with E-state index < -0.39 is 10.0 Å². The van der Waals surface area contributed by atoms with E-state index in [0.29, 0.717) is 28.7 Å². The molecule has 1 saturated heterocycles. The third-order valence-electron chi connectivity index (χ3n) is 6.40. The van der Waals surface area contributed by atoms with Gasteiger partial charge in [0, 0.05) is 18.2 Å². The monoisotopic (exact) mass is 525 g/mol. The molecular formula is C26H27N3O5S2. The predicted octanol–water partition coefficient (Wildman–Crippen LogP) is 5.31. The zero-order valence-electron chi connectivity index (χ0n) is 20.1. The van der Waals surface area contributed by atoms with Crippen LogP contribution in [0.1, 0.15) is 42.3 Å². The maximum Gasteiger partial charge on any atom is 0.260 e. The highest BCUT2D eigenvalue weighted by molar-refractivity contribution is 7.89. The molecule has 1 amide bonds. The molecule has 188 valence electrons. The lowest BCUT2D eigenvalue weighted by Crippen LogP contribution is -2.41. The number of benzene rings is 2. The highest BCUT2D eigenvalue weighted by Gasteiger charge is 2.31. The predicted molar refractivity (Wildman–Crippen MR) is 139 cm³/mol. The van der Waals surface area contributed by atoms with E-state index in [-0.39, 0.29) is 23.4 Å². The molecule has 1 aliphatic rings. The molecule has 0 aliphatic carbocycles. The van der Waals surface area contributed by atoms with Crippen molar-refractivity contribution >= 4 is 42.6 Å². The molecule has 0 saturated carbocycles. The largest absolute Gasteiger partial charge is 0.497 e. The third kappa shape index (κ3) is 4.76. The van der Waals surface area contributed by atoms with Gasteiger partial charge in [0.1, 0.15) is 11.5 Å². The Balaban J connectivity index is 1.46. The van der Waals surface area contributed by atoms with E-state index in [9.17, 15) is 13.2 Å². The van der Waals surface area contributed by atoms with Crippen LogP contribution in [0.5, 0.6) is 5.75 Å². The number of rotatable bonds is 7. The fraction of sp³-hybridized carbons (Fsp3) is 0.308. The van der Waals surface area contributed by atoms with Crippen LogP contribution in [0.4, 0.5) is 5.13 Å². The average Bonchev–Trinajstić information content (AvgIpc) is 3.56. The number of furan rings is 1. The lowest BCUT2D eigenvalue weighted by Gasteiger charge is -2.32. The average molecular weight is 526 g/mol. The lowest BCUT2D eigenvalue weighted by atomic mass is 10.1. The summed E-state index contributed by atoms with van der Waals surface area (Å²) in [5.74, 6) is 1.02. The number of carbonyl (C=O) groups excluding carboxylic acids is 1. The molecule has 1 atom stereocenters. The molecule has 0 radical (unpaired) electrons. The van der Waals surface area contributed by atoms with Gasteiger partial charge in [0.05, 0.1) is 35.0 Å². The van der Waals surface area contributed by atoms with Crippen LogP contribution in [-0.4, -0.2) is 43.3 Å². The van der Waals surface area contributed by atoms with Crippen LogP contribution in [0.2, 0.25) is 0 Å². The van der Waals surface area contributed by atoms with Gasteiger partial charge in [-0.15, -0.1) is 0 Å². The molecule has 2 aromatic heterocycles. The molecule has 0 bridgehead atoms. The second-order valence-corrected chi connectivity index (χ2v) is 11.7. The summed E-state index contributed by atoms with van der Waals surface area (Å²) < 4.78 is 39.7. The number of fused-ring (bicyclic) bond motifs is 1. The molecule has 2 aromatic carbocycles. The van der Waals surface area contributed by atoms with E-state index in [2.05, 4.69) is 4.98 Å². The number of ether oxygens (including phenoxy) is 1. The van der Waals surface area contributed by atoms with Crippen molar-refractivity contribution in [1.29, 1.82) is 0 Å². The van der Waals surface area contributed by atoms with Gasteiger partial charge < -0.3 is 9.15 Å². The molecule has 4 aromatic rings. The van der Waals surface area contributed by atoms with Crippen LogP contribution >= 0.6 is 11.3 Å². The number of piperidine rings is 1. The summed E-state index contributed by atoms with van der Waals surface area (Å²) in [5, 5.41) is 0.512. The van der Waals surface area contributed by atoms with Crippen molar-refractivity contribution in [3.05, 3.63) is 72.2 Å². The number of hydrogen-bond donors (Lipinski definition) is 0. The second-order valence-electron chi connectivity index (χ2n) is 8.79. The summed E-state index contributed by atoms with van der Waals surface area (Å²) in [4.78, 5) is 20.1. The topological polar surface area (TPSA) is 93.0 Å². The lowest BCUT2D eigenvalue weighted by molar-refractivity contribution is 0.0983. The van der Waals surface area contributed by atoms with Crippen molar-refractivity contribution in [3.8, 4) is 5.75 Å². The third-order valence-corrected chi connectivity index (χ3v) is 9.47. The Morgan fingerprint density at radius 1 is 1.19 bits per heavy atom. The number of amides is 1. The molecule has 1 aliphatic heterocycles. The summed E-state index contributed by atoms with van der Waals surface area (Å²) in [6.07, 6.45) is 4.30. The van der Waals surface area contributed by atoms with E-state index in [1.807, 2.05) is 25.1 Å². The molecule has 1 fully saturated rings. The first-order chi connectivity index (χ1) is 17.4. The van der Waals surface area contributed by atoms with E-state index in [4.69, 9.17) is 9.15 Å². The number of anilines is 1. The molecule has 5 rings (SSSR count). The number of carbonyl (C=O) groups is 1. The van der Waals surface area contributed by atoms with Crippen LogP contribution in [0.25, 0.3) is 10.2 Å². The molecule has 1 unspecified atom stereocenters. The molecule has 10 heteroatoms. The van der Waals surface area contributed by atoms with Gasteiger partial charge in [-0.25, -0.2) is 13.4 Å². The molecule has 0 spiro atoms. The smallest absolute Gasteiger partial charge is 0.260 e. The Hall–Kier alpha value is -3.21. The van der Waals surface area contributed by atoms with Crippen LogP contribution in [0.3, 0.4) is 0 Å². The molecule has 36 heavy (non-hydrogen) atoms. The highest BCUT2D eigenvalue weighted by atomic mass is 32.2. The van der Waals surface area contributed by atoms with Gasteiger partial charge in [0.15, 0.2) is 5.13 Å².